The van der Waals surface area contributed by atoms with Crippen molar-refractivity contribution in [2.45, 2.75) is 36.6 Å². The van der Waals surface area contributed by atoms with E-state index in [4.69, 9.17) is 16.3 Å². The summed E-state index contributed by atoms with van der Waals surface area (Å²) in [6.45, 7) is 4.33. The fraction of sp³-hybridized carbons (Fsp3) is 0.647. The average molecular weight is 373 g/mol. The van der Waals surface area contributed by atoms with Crippen molar-refractivity contribution in [3.8, 4) is 0 Å². The molecule has 2 heterocycles. The third kappa shape index (κ3) is 4.70. The molecule has 2 saturated heterocycles. The van der Waals surface area contributed by atoms with E-state index < -0.39 is 10.0 Å². The molecule has 0 bridgehead atoms. The molecule has 0 saturated carbocycles. The van der Waals surface area contributed by atoms with E-state index in [0.717, 1.165) is 52.0 Å². The van der Waals surface area contributed by atoms with Crippen molar-refractivity contribution < 1.29 is 13.2 Å². The number of rotatable bonds is 5. The Labute approximate surface area is 149 Å². The molecule has 0 radical (unpaired) electrons. The van der Waals surface area contributed by atoms with Crippen LogP contribution in [0, 0.1) is 5.92 Å². The van der Waals surface area contributed by atoms with Gasteiger partial charge in [-0.25, -0.2) is 13.1 Å². The van der Waals surface area contributed by atoms with Gasteiger partial charge in [-0.2, -0.15) is 0 Å². The largest absolute Gasteiger partial charge is 0.381 e. The Morgan fingerprint density at radius 3 is 2.54 bits per heavy atom. The van der Waals surface area contributed by atoms with Gasteiger partial charge < -0.3 is 9.64 Å². The molecule has 2 aliphatic rings. The second kappa shape index (κ2) is 8.15. The number of nitrogens with zero attached hydrogens (tertiary/aromatic N) is 1. The molecule has 1 N–H and O–H groups in total. The molecule has 0 spiro atoms. The molecule has 0 aromatic heterocycles. The molecule has 7 heteroatoms. The van der Waals surface area contributed by atoms with Gasteiger partial charge in [0.25, 0.3) is 0 Å². The van der Waals surface area contributed by atoms with Gasteiger partial charge >= 0.3 is 0 Å². The van der Waals surface area contributed by atoms with Gasteiger partial charge in [0.15, 0.2) is 0 Å². The molecular weight excluding hydrogens is 348 g/mol. The molecule has 0 aliphatic carbocycles. The van der Waals surface area contributed by atoms with Crippen LogP contribution in [0.5, 0.6) is 0 Å². The summed E-state index contributed by atoms with van der Waals surface area (Å²) >= 11 is 5.88. The van der Waals surface area contributed by atoms with Gasteiger partial charge in [-0.3, -0.25) is 0 Å². The van der Waals surface area contributed by atoms with Gasteiger partial charge in [0.1, 0.15) is 0 Å². The van der Waals surface area contributed by atoms with E-state index >= 15 is 0 Å². The molecule has 5 nitrogen and oxygen atoms in total. The van der Waals surface area contributed by atoms with Crippen LogP contribution in [0.4, 0.5) is 0 Å². The van der Waals surface area contributed by atoms with E-state index in [1.807, 2.05) is 0 Å². The Morgan fingerprint density at radius 2 is 1.88 bits per heavy atom. The summed E-state index contributed by atoms with van der Waals surface area (Å²) < 4.78 is 32.9. The first-order chi connectivity index (χ1) is 11.5. The smallest absolute Gasteiger partial charge is 0.240 e. The number of nitrogens with one attached hydrogen (secondary N) is 1. The van der Waals surface area contributed by atoms with Gasteiger partial charge in [-0.1, -0.05) is 17.7 Å². The second-order valence-electron chi connectivity index (χ2n) is 6.63. The summed E-state index contributed by atoms with van der Waals surface area (Å²) in [7, 11) is -3.48. The number of hydrogen-bond acceptors (Lipinski definition) is 4. The molecule has 0 atom stereocenters. The summed E-state index contributed by atoms with van der Waals surface area (Å²) in [6.07, 6.45) is 4.31. The predicted octanol–water partition coefficient (Wildman–Crippen LogP) is 2.51. The normalized spacial score (nSPS) is 21.9. The fourth-order valence-electron chi connectivity index (χ4n) is 3.52. The van der Waals surface area contributed by atoms with Crippen molar-refractivity contribution in [3.63, 3.8) is 0 Å². The average Bonchev–Trinajstić information content (AvgIpc) is 2.61. The number of halogens is 1. The standard InChI is InChI=1S/C17H25ClN2O3S/c18-15-2-1-3-17(12-15)24(21,22)19-13-14-4-8-20(9-5-14)16-6-10-23-11-7-16/h1-3,12,14,16,19H,4-11,13H2. The Bertz CT molecular complexity index is 639. The van der Waals surface area contributed by atoms with Crippen molar-refractivity contribution in [1.82, 2.24) is 9.62 Å². The molecule has 24 heavy (non-hydrogen) atoms. The Morgan fingerprint density at radius 1 is 1.17 bits per heavy atom. The van der Waals surface area contributed by atoms with Crippen LogP contribution in [0.15, 0.2) is 29.2 Å². The van der Waals surface area contributed by atoms with Crippen molar-refractivity contribution in [2.75, 3.05) is 32.8 Å². The number of piperidine rings is 1. The first-order valence-corrected chi connectivity index (χ1v) is 10.5. The molecule has 2 fully saturated rings. The lowest BCUT2D eigenvalue weighted by molar-refractivity contribution is 0.0214. The van der Waals surface area contributed by atoms with Crippen LogP contribution in [0.1, 0.15) is 25.7 Å². The lowest BCUT2D eigenvalue weighted by Crippen LogP contribution is -2.45. The predicted molar refractivity (Wildman–Crippen MR) is 94.8 cm³/mol. The maximum absolute atomic E-state index is 12.3. The van der Waals surface area contributed by atoms with Gasteiger partial charge in [-0.05, 0) is 62.9 Å². The minimum atomic E-state index is -3.48. The minimum Gasteiger partial charge on any atom is -0.381 e. The molecule has 1 aromatic carbocycles. The number of sulfonamides is 1. The number of hydrogen-bond donors (Lipinski definition) is 1. The van der Waals surface area contributed by atoms with E-state index in [1.165, 1.54) is 6.07 Å². The maximum Gasteiger partial charge on any atom is 0.240 e. The highest BCUT2D eigenvalue weighted by Crippen LogP contribution is 2.23. The second-order valence-corrected chi connectivity index (χ2v) is 8.84. The SMILES string of the molecule is O=S(=O)(NCC1CCN(C2CCOCC2)CC1)c1cccc(Cl)c1. The molecule has 134 valence electrons. The van der Waals surface area contributed by atoms with Crippen molar-refractivity contribution in [3.05, 3.63) is 29.3 Å². The third-order valence-corrected chi connectivity index (χ3v) is 6.68. The van der Waals surface area contributed by atoms with Gasteiger partial charge in [0, 0.05) is 30.8 Å². The van der Waals surface area contributed by atoms with E-state index in [1.54, 1.807) is 18.2 Å². The minimum absolute atomic E-state index is 0.231. The van der Waals surface area contributed by atoms with Crippen molar-refractivity contribution in [2.24, 2.45) is 5.92 Å². The van der Waals surface area contributed by atoms with Gasteiger partial charge in [-0.15, -0.1) is 0 Å². The lowest BCUT2D eigenvalue weighted by atomic mass is 9.94. The van der Waals surface area contributed by atoms with Crippen LogP contribution < -0.4 is 4.72 Å². The maximum atomic E-state index is 12.3. The molecule has 1 aromatic rings. The Hall–Kier alpha value is -0.660. The van der Waals surface area contributed by atoms with Crippen LogP contribution in [-0.4, -0.2) is 52.2 Å². The van der Waals surface area contributed by atoms with Crippen molar-refractivity contribution in [1.29, 1.82) is 0 Å². The van der Waals surface area contributed by atoms with Crippen LogP contribution >= 0.6 is 11.6 Å². The highest BCUT2D eigenvalue weighted by molar-refractivity contribution is 7.89. The summed E-state index contributed by atoms with van der Waals surface area (Å²) in [4.78, 5) is 2.78. The van der Waals surface area contributed by atoms with Crippen LogP contribution in [0.25, 0.3) is 0 Å². The topological polar surface area (TPSA) is 58.6 Å². The molecule has 0 unspecified atom stereocenters. The zero-order valence-corrected chi connectivity index (χ0v) is 15.4. The highest BCUT2D eigenvalue weighted by Gasteiger charge is 2.27. The highest BCUT2D eigenvalue weighted by atomic mass is 35.5. The number of ether oxygens (including phenoxy) is 1. The summed E-state index contributed by atoms with van der Waals surface area (Å²) in [5.41, 5.74) is 0. The first kappa shape index (κ1) is 18.1. The summed E-state index contributed by atoms with van der Waals surface area (Å²) in [5.74, 6) is 0.398. The quantitative estimate of drug-likeness (QED) is 0.862. The zero-order chi connectivity index (χ0) is 17.0. The molecular formula is C17H25ClN2O3S. The van der Waals surface area contributed by atoms with Gasteiger partial charge in [0.2, 0.25) is 10.0 Å². The first-order valence-electron chi connectivity index (χ1n) is 8.61. The van der Waals surface area contributed by atoms with E-state index in [0.29, 0.717) is 23.5 Å². The van der Waals surface area contributed by atoms with Gasteiger partial charge in [0.05, 0.1) is 4.90 Å². The fourth-order valence-corrected chi connectivity index (χ4v) is 4.93. The van der Waals surface area contributed by atoms with Crippen LogP contribution in [0.2, 0.25) is 5.02 Å². The number of benzene rings is 1. The molecule has 0 amide bonds. The van der Waals surface area contributed by atoms with E-state index in [-0.39, 0.29) is 4.90 Å². The zero-order valence-electron chi connectivity index (χ0n) is 13.8. The summed E-state index contributed by atoms with van der Waals surface area (Å²) in [5, 5.41) is 0.433. The molecule has 2 aliphatic heterocycles. The number of likely N-dealkylation sites (tertiary alicyclic amines) is 1. The molecule has 3 rings (SSSR count). The van der Waals surface area contributed by atoms with Crippen LogP contribution in [0.3, 0.4) is 0 Å². The Balaban J connectivity index is 1.48. The van der Waals surface area contributed by atoms with E-state index in [9.17, 15) is 8.42 Å². The monoisotopic (exact) mass is 372 g/mol. The lowest BCUT2D eigenvalue weighted by Gasteiger charge is -2.39. The third-order valence-electron chi connectivity index (χ3n) is 5.02. The summed E-state index contributed by atoms with van der Waals surface area (Å²) in [6, 6.07) is 7.03. The Kier molecular flexibility index (Phi) is 6.16. The van der Waals surface area contributed by atoms with Crippen LogP contribution in [-0.2, 0) is 14.8 Å². The van der Waals surface area contributed by atoms with Crippen molar-refractivity contribution >= 4 is 21.6 Å². The van der Waals surface area contributed by atoms with E-state index in [2.05, 4.69) is 9.62 Å².